The van der Waals surface area contributed by atoms with E-state index < -0.39 is 0 Å². The lowest BCUT2D eigenvalue weighted by molar-refractivity contribution is 0.660. The Labute approximate surface area is 740 Å². The number of hydrogen-bond acceptors (Lipinski definition) is 1. The predicted molar refractivity (Wildman–Crippen MR) is 544 cm³/mol. The molecule has 2 aliphatic carbocycles. The van der Waals surface area contributed by atoms with Gasteiger partial charge >= 0.3 is 0 Å². The Morgan fingerprint density at radius 1 is 0.172 bits per heavy atom. The minimum atomic E-state index is -0.296. The van der Waals surface area contributed by atoms with E-state index in [-0.39, 0.29) is 10.8 Å². The molecule has 2 aliphatic rings. The SMILES string of the molecule is CC1(C)c2ccccc2-c2c(-c3cc(-c4ccc5c6ccc(-c7cccc(-n8c9ccccc9c9c(-c%10ccc(-c%11ccc%12c%13ccccc%13c%13ccccc%13c%12c%11)cc%10)cccc98)c7)cc6c6ccccc6c5c4)cc(-c4cc(-c5ccc6c7ccc(-c8ccc9c(c8)oc8ccccc89)cc7c7ccccc7c6c5)cc5c4-c4ccccc4C5(C)C)c3)cccc21. The van der Waals surface area contributed by atoms with Gasteiger partial charge in [-0.25, -0.2) is 0 Å². The Bertz CT molecular complexity index is 9120. The predicted octanol–water partition coefficient (Wildman–Crippen LogP) is 35.0. The van der Waals surface area contributed by atoms with E-state index in [1.165, 1.54) is 236 Å². The lowest BCUT2D eigenvalue weighted by Crippen LogP contribution is -2.15. The molecule has 0 radical (unpaired) electrons. The fraction of sp³-hybridized carbons (Fsp3) is 0.0476. The molecule has 2 aromatic heterocycles. The minimum absolute atomic E-state index is 0.184. The van der Waals surface area contributed by atoms with Crippen LogP contribution in [0, 0.1) is 0 Å². The fourth-order valence-corrected chi connectivity index (χ4v) is 23.1. The van der Waals surface area contributed by atoms with Crippen LogP contribution in [0.4, 0.5) is 0 Å². The number of furan rings is 1. The van der Waals surface area contributed by atoms with Crippen molar-refractivity contribution in [2.45, 2.75) is 38.5 Å². The quantitative estimate of drug-likeness (QED) is 0.132. The van der Waals surface area contributed by atoms with Crippen molar-refractivity contribution >= 4 is 141 Å². The van der Waals surface area contributed by atoms with Gasteiger partial charge < -0.3 is 8.98 Å². The van der Waals surface area contributed by atoms with E-state index in [0.717, 1.165) is 44.3 Å². The summed E-state index contributed by atoms with van der Waals surface area (Å²) < 4.78 is 8.91. The third-order valence-corrected chi connectivity index (χ3v) is 29.3. The second-order valence-electron chi connectivity index (χ2n) is 36.8. The molecule has 0 saturated carbocycles. The van der Waals surface area contributed by atoms with Gasteiger partial charge in [0.25, 0.3) is 0 Å². The Balaban J connectivity index is 0.581. The molecule has 0 atom stereocenters. The molecule has 0 saturated heterocycles. The van der Waals surface area contributed by atoms with Gasteiger partial charge in [0, 0.05) is 38.1 Å². The van der Waals surface area contributed by atoms with Gasteiger partial charge in [0.2, 0.25) is 0 Å². The standard InChI is InChI=1S/C126H81NO/c1-125(2)114-40-17-13-35-105(114)122-89(38-22-42-116(122)125)85-62-83(63-86(64-85)108-71-84(72-117-123(108)106-36-14-18-41-115(106)126(117,3)4)81-54-60-102-100-58-52-79(68-111(100)95-31-10-12-33-97(95)113(102)70-81)82-55-61-104-103-34-16-20-45-120(103)128-121(104)73-82)80-53-59-101-99-57-51-78(67-110(99)94-30-9-11-32-96(94)112(101)69-80)76-24-21-25-87(65-76)127-118-43-19-15-37-107(118)124-88(39-23-44-119(124)127)75-48-46-74(47-49-75)77-50-56-98-92-28-6-5-26-90(92)91-27-7-8-29-93(91)109(98)66-77/h5-73H,1-4H3. The van der Waals surface area contributed by atoms with Crippen LogP contribution in [-0.2, 0) is 10.8 Å². The molecule has 0 unspecified atom stereocenters. The zero-order valence-electron chi connectivity index (χ0n) is 71.2. The minimum Gasteiger partial charge on any atom is -0.456 e. The molecule has 0 spiro atoms. The molecule has 25 aromatic rings. The van der Waals surface area contributed by atoms with E-state index in [4.69, 9.17) is 4.42 Å². The number of rotatable bonds is 9. The van der Waals surface area contributed by atoms with E-state index in [9.17, 15) is 0 Å². The molecule has 2 heteroatoms. The van der Waals surface area contributed by atoms with Crippen LogP contribution in [0.5, 0.6) is 0 Å². The fourth-order valence-electron chi connectivity index (χ4n) is 23.1. The van der Waals surface area contributed by atoms with Crippen molar-refractivity contribution in [3.05, 3.63) is 441 Å². The van der Waals surface area contributed by atoms with Gasteiger partial charge in [-0.3, -0.25) is 0 Å². The Morgan fingerprint density at radius 3 is 1.05 bits per heavy atom. The van der Waals surface area contributed by atoms with Crippen LogP contribution in [-0.4, -0.2) is 4.57 Å². The van der Waals surface area contributed by atoms with Gasteiger partial charge in [0.15, 0.2) is 0 Å². The van der Waals surface area contributed by atoms with Gasteiger partial charge in [-0.05, 0) is 334 Å². The molecule has 0 aliphatic heterocycles. The van der Waals surface area contributed by atoms with E-state index in [0.29, 0.717) is 0 Å². The van der Waals surface area contributed by atoms with E-state index in [1.807, 2.05) is 6.07 Å². The summed E-state index contributed by atoms with van der Waals surface area (Å²) in [5, 5.41) is 27.3. The average molecular weight is 1630 g/mol. The third kappa shape index (κ3) is 10.7. The van der Waals surface area contributed by atoms with Crippen molar-refractivity contribution in [3.8, 4) is 117 Å². The molecule has 2 heterocycles. The van der Waals surface area contributed by atoms with E-state index >= 15 is 0 Å². The smallest absolute Gasteiger partial charge is 0.136 e. The first-order chi connectivity index (χ1) is 62.9. The van der Waals surface area contributed by atoms with Crippen LogP contribution in [0.1, 0.15) is 49.9 Å². The Morgan fingerprint density at radius 2 is 0.508 bits per heavy atom. The highest BCUT2D eigenvalue weighted by Gasteiger charge is 2.40. The van der Waals surface area contributed by atoms with Crippen molar-refractivity contribution < 1.29 is 4.42 Å². The van der Waals surface area contributed by atoms with Crippen LogP contribution in [0.15, 0.2) is 423 Å². The number of benzene rings is 23. The first-order valence-electron chi connectivity index (χ1n) is 44.9. The van der Waals surface area contributed by atoms with Crippen molar-refractivity contribution in [1.29, 1.82) is 0 Å². The normalized spacial score (nSPS) is 13.3. The van der Waals surface area contributed by atoms with Crippen LogP contribution in [0.25, 0.3) is 258 Å². The number of nitrogens with zero attached hydrogens (tertiary/aromatic N) is 1. The largest absolute Gasteiger partial charge is 0.456 e. The number of para-hydroxylation sites is 2. The summed E-state index contributed by atoms with van der Waals surface area (Å²) in [4.78, 5) is 0. The summed E-state index contributed by atoms with van der Waals surface area (Å²) in [6.07, 6.45) is 0. The maximum atomic E-state index is 6.43. The van der Waals surface area contributed by atoms with Gasteiger partial charge in [-0.1, -0.05) is 343 Å². The lowest BCUT2D eigenvalue weighted by atomic mass is 9.80. The molecular weight excluding hydrogens is 1540 g/mol. The summed E-state index contributed by atoms with van der Waals surface area (Å²) in [6.45, 7) is 9.66. The van der Waals surface area contributed by atoms with Crippen molar-refractivity contribution in [1.82, 2.24) is 4.57 Å². The Hall–Kier alpha value is -16.0. The first-order valence-corrected chi connectivity index (χ1v) is 44.9. The van der Waals surface area contributed by atoms with Gasteiger partial charge in [0.05, 0.1) is 11.0 Å². The summed E-state index contributed by atoms with van der Waals surface area (Å²) in [5.74, 6) is 0. The summed E-state index contributed by atoms with van der Waals surface area (Å²) in [6, 6.07) is 159. The van der Waals surface area contributed by atoms with Crippen LogP contribution >= 0.6 is 0 Å². The number of fused-ring (bicyclic) bond motifs is 30. The number of hydrogen-bond donors (Lipinski definition) is 0. The van der Waals surface area contributed by atoms with E-state index in [1.54, 1.807) is 0 Å². The molecule has 23 aromatic carbocycles. The summed E-state index contributed by atoms with van der Waals surface area (Å²) in [7, 11) is 0. The zero-order valence-corrected chi connectivity index (χ0v) is 71.2. The summed E-state index contributed by atoms with van der Waals surface area (Å²) >= 11 is 0. The average Bonchev–Trinajstić information content (AvgIpc) is 1.49. The van der Waals surface area contributed by atoms with Crippen molar-refractivity contribution in [3.63, 3.8) is 0 Å². The molecule has 596 valence electrons. The molecule has 2 nitrogen and oxygen atoms in total. The summed E-state index contributed by atoms with van der Waals surface area (Å²) in [5.41, 5.74) is 34.5. The van der Waals surface area contributed by atoms with Gasteiger partial charge in [-0.15, -0.1) is 0 Å². The Kier molecular flexibility index (Phi) is 15.4. The highest BCUT2D eigenvalue weighted by Crippen LogP contribution is 2.58. The van der Waals surface area contributed by atoms with Crippen molar-refractivity contribution in [2.75, 3.05) is 0 Å². The van der Waals surface area contributed by atoms with Crippen LogP contribution in [0.2, 0.25) is 0 Å². The van der Waals surface area contributed by atoms with Gasteiger partial charge in [-0.2, -0.15) is 0 Å². The van der Waals surface area contributed by atoms with E-state index in [2.05, 4.69) is 445 Å². The second kappa shape index (κ2) is 27.3. The molecule has 27 rings (SSSR count). The highest BCUT2D eigenvalue weighted by atomic mass is 16.3. The van der Waals surface area contributed by atoms with Crippen molar-refractivity contribution in [2.24, 2.45) is 0 Å². The first kappa shape index (κ1) is 72.5. The molecular formula is C126H81NO. The highest BCUT2D eigenvalue weighted by molar-refractivity contribution is 6.29. The maximum absolute atomic E-state index is 6.43. The molecule has 0 fully saturated rings. The number of aromatic nitrogens is 1. The molecule has 0 amide bonds. The van der Waals surface area contributed by atoms with Crippen LogP contribution in [0.3, 0.4) is 0 Å². The monoisotopic (exact) mass is 1620 g/mol. The molecule has 128 heavy (non-hydrogen) atoms. The van der Waals surface area contributed by atoms with Crippen LogP contribution < -0.4 is 0 Å². The van der Waals surface area contributed by atoms with Gasteiger partial charge in [0.1, 0.15) is 11.2 Å². The second-order valence-corrected chi connectivity index (χ2v) is 36.8. The third-order valence-electron chi connectivity index (χ3n) is 29.3. The maximum Gasteiger partial charge on any atom is 0.136 e. The topological polar surface area (TPSA) is 18.1 Å². The molecule has 0 bridgehead atoms. The molecule has 0 N–H and O–H groups in total. The lowest BCUT2D eigenvalue weighted by Gasteiger charge is -2.23. The zero-order chi connectivity index (χ0) is 84.5.